The summed E-state index contributed by atoms with van der Waals surface area (Å²) >= 11 is 1.82. The molecule has 0 radical (unpaired) electrons. The molecule has 0 amide bonds. The average Bonchev–Trinajstić information content (AvgIpc) is 3.81. The lowest BCUT2D eigenvalue weighted by Crippen LogP contribution is -2.62. The molecule has 6 heterocycles. The third kappa shape index (κ3) is 3.70. The number of hydrogen-bond acceptors (Lipinski definition) is 6. The summed E-state index contributed by atoms with van der Waals surface area (Å²) in [5.74, 6) is 3.25. The first kappa shape index (κ1) is 29.6. The van der Waals surface area contributed by atoms with Crippen molar-refractivity contribution < 1.29 is 18.3 Å². The van der Waals surface area contributed by atoms with Crippen LogP contribution in [-0.4, -0.2) is 13.4 Å². The van der Waals surface area contributed by atoms with Crippen LogP contribution >= 0.6 is 11.8 Å². The number of rotatable bonds is 1. The summed E-state index contributed by atoms with van der Waals surface area (Å²) in [6.07, 6.45) is 0. The molecule has 0 atom stereocenters. The number of furan rings is 2. The van der Waals surface area contributed by atoms with Gasteiger partial charge in [0.15, 0.2) is 0 Å². The van der Waals surface area contributed by atoms with Gasteiger partial charge in [-0.3, -0.25) is 0 Å². The molecule has 56 heavy (non-hydrogen) atoms. The van der Waals surface area contributed by atoms with E-state index in [1.165, 1.54) is 26.2 Å². The van der Waals surface area contributed by atoms with Crippen molar-refractivity contribution in [3.05, 3.63) is 152 Å². The smallest absolute Gasteiger partial charge is 0.256 e. The topological polar surface area (TPSA) is 48.0 Å². The fraction of sp³-hybridized carbons (Fsp3) is 0. The van der Waals surface area contributed by atoms with Gasteiger partial charge in [0.2, 0.25) is 0 Å². The van der Waals surface area contributed by atoms with Gasteiger partial charge in [-0.05, 0) is 63.7 Å². The molecule has 0 saturated carbocycles. The number of anilines is 3. The highest BCUT2D eigenvalue weighted by atomic mass is 32.2. The SMILES string of the molecule is c1ccc(N2c3ccccc3B3c4cc5c(cc4Oc4c3c2cc2oc3ccccc3c42)Oc2cc3oc4ccccc4c3c3c2B5c2ccccc2S3)cc1. The van der Waals surface area contributed by atoms with E-state index in [2.05, 4.69) is 132 Å². The number of hydrogen-bond donors (Lipinski definition) is 0. The van der Waals surface area contributed by atoms with Crippen LogP contribution in [0.3, 0.4) is 0 Å². The molecule has 0 aliphatic carbocycles. The van der Waals surface area contributed by atoms with E-state index in [4.69, 9.17) is 18.3 Å². The monoisotopic (exact) mass is 733 g/mol. The van der Waals surface area contributed by atoms with Gasteiger partial charge in [0.05, 0.1) is 5.39 Å². The second kappa shape index (κ2) is 10.5. The highest BCUT2D eigenvalue weighted by Gasteiger charge is 2.47. The molecule has 4 aliphatic heterocycles. The van der Waals surface area contributed by atoms with Crippen molar-refractivity contribution in [3.63, 3.8) is 0 Å². The minimum absolute atomic E-state index is 0.0367. The molecule has 0 N–H and O–H groups in total. The van der Waals surface area contributed by atoms with E-state index in [0.717, 1.165) is 100 Å². The Kier molecular flexibility index (Phi) is 5.55. The Hall–Kier alpha value is -6.76. The number of fused-ring (bicyclic) bond motifs is 16. The minimum Gasteiger partial charge on any atom is -0.458 e. The van der Waals surface area contributed by atoms with Crippen molar-refractivity contribution in [2.75, 3.05) is 4.90 Å². The molecule has 0 saturated heterocycles. The lowest BCUT2D eigenvalue weighted by Gasteiger charge is -2.41. The van der Waals surface area contributed by atoms with E-state index in [9.17, 15) is 0 Å². The largest absolute Gasteiger partial charge is 0.458 e. The summed E-state index contributed by atoms with van der Waals surface area (Å²) in [4.78, 5) is 4.82. The highest BCUT2D eigenvalue weighted by Crippen LogP contribution is 2.48. The van der Waals surface area contributed by atoms with Crippen molar-refractivity contribution in [3.8, 4) is 23.0 Å². The zero-order chi connectivity index (χ0) is 36.2. The Morgan fingerprint density at radius 1 is 0.446 bits per heavy atom. The summed E-state index contributed by atoms with van der Waals surface area (Å²) in [5.41, 5.74) is 13.7. The van der Waals surface area contributed by atoms with Crippen LogP contribution in [0.1, 0.15) is 0 Å². The third-order valence-electron chi connectivity index (χ3n) is 12.2. The molecule has 8 aromatic carbocycles. The maximum Gasteiger partial charge on any atom is 0.256 e. The van der Waals surface area contributed by atoms with E-state index in [1.807, 2.05) is 36.0 Å². The van der Waals surface area contributed by atoms with E-state index in [0.29, 0.717) is 0 Å². The van der Waals surface area contributed by atoms with Crippen LogP contribution < -0.4 is 47.2 Å². The predicted octanol–water partition coefficient (Wildman–Crippen LogP) is 8.98. The lowest BCUT2D eigenvalue weighted by molar-refractivity contribution is 0.467. The van der Waals surface area contributed by atoms with Crippen LogP contribution in [0.4, 0.5) is 17.1 Å². The molecule has 10 aromatic rings. The number of ether oxygens (including phenoxy) is 2. The van der Waals surface area contributed by atoms with Crippen molar-refractivity contribution in [2.24, 2.45) is 0 Å². The van der Waals surface area contributed by atoms with E-state index >= 15 is 0 Å². The number of para-hydroxylation sites is 4. The Balaban J connectivity index is 1.07. The first-order valence-electron chi connectivity index (χ1n) is 19.0. The second-order valence-corrected chi connectivity index (χ2v) is 16.1. The van der Waals surface area contributed by atoms with Gasteiger partial charge in [-0.2, -0.15) is 0 Å². The van der Waals surface area contributed by atoms with Gasteiger partial charge in [-0.1, -0.05) is 114 Å². The molecule has 0 fully saturated rings. The molecule has 0 spiro atoms. The molecule has 2 aromatic heterocycles. The molecule has 0 bridgehead atoms. The second-order valence-electron chi connectivity index (χ2n) is 15.1. The molecule has 8 heteroatoms. The van der Waals surface area contributed by atoms with Gasteiger partial charge in [-0.15, -0.1) is 0 Å². The Morgan fingerprint density at radius 3 is 1.91 bits per heavy atom. The van der Waals surface area contributed by atoms with Gasteiger partial charge in [-0.25, -0.2) is 0 Å². The third-order valence-corrected chi connectivity index (χ3v) is 13.4. The normalized spacial score (nSPS) is 14.2. The molecule has 0 unspecified atom stereocenters. The van der Waals surface area contributed by atoms with E-state index < -0.39 is 0 Å². The maximum atomic E-state index is 7.25. The molecule has 5 nitrogen and oxygen atoms in total. The Morgan fingerprint density at radius 2 is 1.09 bits per heavy atom. The van der Waals surface area contributed by atoms with E-state index in [1.54, 1.807) is 0 Å². The molecular weight excluding hydrogens is 708 g/mol. The van der Waals surface area contributed by atoms with Gasteiger partial charge in [0.1, 0.15) is 45.3 Å². The van der Waals surface area contributed by atoms with Crippen LogP contribution in [0.2, 0.25) is 0 Å². The maximum absolute atomic E-state index is 7.25. The molecule has 4 aliphatic rings. The quantitative estimate of drug-likeness (QED) is 0.157. The molecular formula is C48H25B2NO4S. The van der Waals surface area contributed by atoms with Gasteiger partial charge in [0, 0.05) is 61.2 Å². The van der Waals surface area contributed by atoms with Crippen LogP contribution in [-0.2, 0) is 0 Å². The van der Waals surface area contributed by atoms with Crippen molar-refractivity contribution in [2.45, 2.75) is 9.79 Å². The van der Waals surface area contributed by atoms with Crippen LogP contribution in [0.15, 0.2) is 170 Å². The van der Waals surface area contributed by atoms with Crippen molar-refractivity contribution in [1.82, 2.24) is 0 Å². The van der Waals surface area contributed by atoms with Gasteiger partial charge in [0.25, 0.3) is 13.4 Å². The average molecular weight is 733 g/mol. The predicted molar refractivity (Wildman–Crippen MR) is 229 cm³/mol. The molecule has 258 valence electrons. The van der Waals surface area contributed by atoms with Gasteiger partial charge < -0.3 is 23.2 Å². The summed E-state index contributed by atoms with van der Waals surface area (Å²) in [6, 6.07) is 53.7. The van der Waals surface area contributed by atoms with Crippen LogP contribution in [0.25, 0.3) is 43.9 Å². The standard InChI is InChI=1S/C48H25B2NO4S/c1-2-12-26(13-3-1)51-33-18-8-6-16-29(33)49-32-22-31-37(24-38(32)55-47-43-27-14-4-9-19-35(27)52-39(43)23-34(51)45(47)49)54-41-25-40-44(28-15-5-10-20-36(28)53-40)48-46(41)50(31)30-17-7-11-21-42(30)56-48/h1-25H. The fourth-order valence-electron chi connectivity index (χ4n) is 9.98. The minimum atomic E-state index is -0.0994. The summed E-state index contributed by atoms with van der Waals surface area (Å²) in [6.45, 7) is -0.136. The lowest BCUT2D eigenvalue weighted by atomic mass is 9.31. The fourth-order valence-corrected chi connectivity index (χ4v) is 11.3. The summed E-state index contributed by atoms with van der Waals surface area (Å²) < 4.78 is 27.4. The van der Waals surface area contributed by atoms with Gasteiger partial charge >= 0.3 is 0 Å². The van der Waals surface area contributed by atoms with Crippen LogP contribution in [0.5, 0.6) is 23.0 Å². The summed E-state index contributed by atoms with van der Waals surface area (Å²) in [7, 11) is 0. The zero-order valence-corrected chi connectivity index (χ0v) is 30.4. The first-order chi connectivity index (χ1) is 27.8. The number of benzene rings is 8. The zero-order valence-electron chi connectivity index (χ0n) is 29.6. The Bertz CT molecular complexity index is 3390. The highest BCUT2D eigenvalue weighted by molar-refractivity contribution is 8.00. The first-order valence-corrected chi connectivity index (χ1v) is 19.8. The van der Waals surface area contributed by atoms with Crippen molar-refractivity contribution >= 4 is 119 Å². The summed E-state index contributed by atoms with van der Waals surface area (Å²) in [5, 5.41) is 4.30. The molecule has 14 rings (SSSR count). The Labute approximate surface area is 325 Å². The van der Waals surface area contributed by atoms with Crippen LogP contribution in [0, 0.1) is 0 Å². The van der Waals surface area contributed by atoms with E-state index in [-0.39, 0.29) is 13.4 Å². The van der Waals surface area contributed by atoms with Crippen molar-refractivity contribution in [1.29, 1.82) is 0 Å². The number of nitrogens with zero attached hydrogens (tertiary/aromatic N) is 1.